The van der Waals surface area contributed by atoms with E-state index in [0.717, 1.165) is 24.3 Å². The van der Waals surface area contributed by atoms with Gasteiger partial charge >= 0.3 is 12.2 Å². The number of halogens is 3. The number of rotatable bonds is 3. The summed E-state index contributed by atoms with van der Waals surface area (Å²) in [6, 6.07) is 5.28. The predicted octanol–water partition coefficient (Wildman–Crippen LogP) is 2.38. The Kier molecular flexibility index (Phi) is 3.92. The van der Waals surface area contributed by atoms with Crippen molar-refractivity contribution in [2.45, 2.75) is 6.18 Å². The normalized spacial score (nSPS) is 12.2. The van der Waals surface area contributed by atoms with Crippen molar-refractivity contribution in [3.05, 3.63) is 47.8 Å². The van der Waals surface area contributed by atoms with Crippen LogP contribution in [0.2, 0.25) is 0 Å². The van der Waals surface area contributed by atoms with Crippen molar-refractivity contribution in [1.29, 1.82) is 0 Å². The average molecular weight is 298 g/mol. The zero-order chi connectivity index (χ0) is 15.5. The maximum atomic E-state index is 12.4. The van der Waals surface area contributed by atoms with E-state index in [1.807, 2.05) is 0 Å². The molecule has 9 heteroatoms. The SMILES string of the molecule is N/C(=N/O)c1ccnc(Oc2ccc(C(F)(F)F)cc2)n1. The fraction of sp³-hybridized carbons (Fsp3) is 0.0833. The molecule has 0 atom stereocenters. The van der Waals surface area contributed by atoms with E-state index in [1.54, 1.807) is 0 Å². The van der Waals surface area contributed by atoms with Crippen LogP contribution in [0.15, 0.2) is 41.7 Å². The van der Waals surface area contributed by atoms with Gasteiger partial charge in [0.05, 0.1) is 5.56 Å². The molecule has 21 heavy (non-hydrogen) atoms. The second-order valence-corrected chi connectivity index (χ2v) is 3.83. The second-order valence-electron chi connectivity index (χ2n) is 3.83. The molecule has 110 valence electrons. The molecule has 0 unspecified atom stereocenters. The Morgan fingerprint density at radius 1 is 1.19 bits per heavy atom. The molecule has 0 saturated carbocycles. The molecule has 2 aromatic rings. The van der Waals surface area contributed by atoms with Gasteiger partial charge < -0.3 is 15.7 Å². The molecule has 0 fully saturated rings. The quantitative estimate of drug-likeness (QED) is 0.393. The summed E-state index contributed by atoms with van der Waals surface area (Å²) >= 11 is 0. The van der Waals surface area contributed by atoms with Gasteiger partial charge in [0.1, 0.15) is 11.4 Å². The standard InChI is InChI=1S/C12H9F3N4O2/c13-12(14,15)7-1-3-8(4-2-7)21-11-17-6-5-9(18-11)10(16)19-20/h1-6,20H,(H2,16,19). The Labute approximate surface area is 116 Å². The van der Waals surface area contributed by atoms with Crippen LogP contribution in [0.25, 0.3) is 0 Å². The van der Waals surface area contributed by atoms with Gasteiger partial charge in [-0.3, -0.25) is 0 Å². The lowest BCUT2D eigenvalue weighted by atomic mass is 10.2. The van der Waals surface area contributed by atoms with Crippen LogP contribution in [0.1, 0.15) is 11.3 Å². The first kappa shape index (κ1) is 14.6. The van der Waals surface area contributed by atoms with E-state index >= 15 is 0 Å². The van der Waals surface area contributed by atoms with Crippen LogP contribution in [0.5, 0.6) is 11.8 Å². The molecule has 6 nitrogen and oxygen atoms in total. The van der Waals surface area contributed by atoms with Crippen LogP contribution in [-0.2, 0) is 6.18 Å². The van der Waals surface area contributed by atoms with Crippen molar-refractivity contribution in [3.63, 3.8) is 0 Å². The Morgan fingerprint density at radius 3 is 2.43 bits per heavy atom. The van der Waals surface area contributed by atoms with Crippen LogP contribution in [-0.4, -0.2) is 21.0 Å². The van der Waals surface area contributed by atoms with E-state index in [2.05, 4.69) is 15.1 Å². The summed E-state index contributed by atoms with van der Waals surface area (Å²) in [5.74, 6) is -0.116. The molecule has 1 aromatic heterocycles. The highest BCUT2D eigenvalue weighted by atomic mass is 19.4. The number of nitrogens with two attached hydrogens (primary N) is 1. The van der Waals surface area contributed by atoms with Crippen LogP contribution >= 0.6 is 0 Å². The molecule has 0 aliphatic carbocycles. The molecule has 3 N–H and O–H groups in total. The van der Waals surface area contributed by atoms with Crippen molar-refractivity contribution >= 4 is 5.84 Å². The fourth-order valence-corrected chi connectivity index (χ4v) is 1.40. The molecule has 0 saturated heterocycles. The van der Waals surface area contributed by atoms with Gasteiger partial charge in [0.15, 0.2) is 5.84 Å². The first-order chi connectivity index (χ1) is 9.90. The second kappa shape index (κ2) is 5.65. The highest BCUT2D eigenvalue weighted by Crippen LogP contribution is 2.30. The van der Waals surface area contributed by atoms with Gasteiger partial charge in [0.2, 0.25) is 0 Å². The molecule has 0 aliphatic heterocycles. The van der Waals surface area contributed by atoms with E-state index in [0.29, 0.717) is 0 Å². The molecular formula is C12H9F3N4O2. The van der Waals surface area contributed by atoms with Gasteiger partial charge in [-0.2, -0.15) is 18.2 Å². The lowest BCUT2D eigenvalue weighted by Crippen LogP contribution is -2.15. The lowest BCUT2D eigenvalue weighted by Gasteiger charge is -2.08. The monoisotopic (exact) mass is 298 g/mol. The molecule has 0 amide bonds. The zero-order valence-electron chi connectivity index (χ0n) is 10.4. The maximum absolute atomic E-state index is 12.4. The number of ether oxygens (including phenoxy) is 1. The molecular weight excluding hydrogens is 289 g/mol. The Morgan fingerprint density at radius 2 is 1.86 bits per heavy atom. The van der Waals surface area contributed by atoms with E-state index < -0.39 is 11.7 Å². The van der Waals surface area contributed by atoms with E-state index in [-0.39, 0.29) is 23.3 Å². The van der Waals surface area contributed by atoms with Gasteiger partial charge in [-0.25, -0.2) is 4.98 Å². The number of oxime groups is 1. The first-order valence-electron chi connectivity index (χ1n) is 5.56. The van der Waals surface area contributed by atoms with Gasteiger partial charge in [0, 0.05) is 6.20 Å². The molecule has 0 aliphatic rings. The summed E-state index contributed by atoms with van der Waals surface area (Å²) in [6.07, 6.45) is -3.11. The molecule has 1 aromatic carbocycles. The highest BCUT2D eigenvalue weighted by molar-refractivity contribution is 5.95. The number of hydrogen-bond donors (Lipinski definition) is 2. The largest absolute Gasteiger partial charge is 0.424 e. The average Bonchev–Trinajstić information content (AvgIpc) is 2.46. The lowest BCUT2D eigenvalue weighted by molar-refractivity contribution is -0.137. The maximum Gasteiger partial charge on any atom is 0.416 e. The number of amidine groups is 1. The molecule has 0 spiro atoms. The third-order valence-corrected chi connectivity index (χ3v) is 2.39. The summed E-state index contributed by atoms with van der Waals surface area (Å²) < 4.78 is 42.4. The molecule has 1 heterocycles. The third-order valence-electron chi connectivity index (χ3n) is 2.39. The van der Waals surface area contributed by atoms with Crippen molar-refractivity contribution < 1.29 is 23.1 Å². The van der Waals surface area contributed by atoms with Crippen LogP contribution in [0.3, 0.4) is 0 Å². The summed E-state index contributed by atoms with van der Waals surface area (Å²) in [5, 5.41) is 11.3. The van der Waals surface area contributed by atoms with Crippen molar-refractivity contribution in [1.82, 2.24) is 9.97 Å². The van der Waals surface area contributed by atoms with E-state index in [9.17, 15) is 13.2 Å². The smallest absolute Gasteiger partial charge is 0.416 e. The van der Waals surface area contributed by atoms with Crippen molar-refractivity contribution in [2.24, 2.45) is 10.9 Å². The highest BCUT2D eigenvalue weighted by Gasteiger charge is 2.30. The molecule has 0 radical (unpaired) electrons. The third kappa shape index (κ3) is 3.59. The van der Waals surface area contributed by atoms with Crippen LogP contribution in [0, 0.1) is 0 Å². The summed E-state index contributed by atoms with van der Waals surface area (Å²) in [6.45, 7) is 0. The van der Waals surface area contributed by atoms with E-state index in [4.69, 9.17) is 15.7 Å². The number of alkyl halides is 3. The Bertz CT molecular complexity index is 656. The number of hydrogen-bond acceptors (Lipinski definition) is 5. The van der Waals surface area contributed by atoms with Gasteiger partial charge in [-0.15, -0.1) is 0 Å². The minimum absolute atomic E-state index is 0.120. The van der Waals surface area contributed by atoms with Gasteiger partial charge in [-0.1, -0.05) is 5.16 Å². The van der Waals surface area contributed by atoms with Crippen molar-refractivity contribution in [2.75, 3.05) is 0 Å². The zero-order valence-corrected chi connectivity index (χ0v) is 10.4. The number of aromatic nitrogens is 2. The minimum atomic E-state index is -4.42. The fourth-order valence-electron chi connectivity index (χ4n) is 1.40. The topological polar surface area (TPSA) is 93.6 Å². The number of nitrogens with zero attached hydrogens (tertiary/aromatic N) is 3. The van der Waals surface area contributed by atoms with Gasteiger partial charge in [0.25, 0.3) is 0 Å². The summed E-state index contributed by atoms with van der Waals surface area (Å²) in [4.78, 5) is 7.61. The minimum Gasteiger partial charge on any atom is -0.424 e. The van der Waals surface area contributed by atoms with Crippen LogP contribution < -0.4 is 10.5 Å². The Balaban J connectivity index is 2.19. The molecule has 0 bridgehead atoms. The first-order valence-corrected chi connectivity index (χ1v) is 5.56. The van der Waals surface area contributed by atoms with Gasteiger partial charge in [-0.05, 0) is 30.3 Å². The Hall–Kier alpha value is -2.84. The molecule has 2 rings (SSSR count). The summed E-state index contributed by atoms with van der Waals surface area (Å²) in [7, 11) is 0. The summed E-state index contributed by atoms with van der Waals surface area (Å²) in [5.41, 5.74) is 4.68. The van der Waals surface area contributed by atoms with Crippen molar-refractivity contribution in [3.8, 4) is 11.8 Å². The number of benzene rings is 1. The van der Waals surface area contributed by atoms with E-state index in [1.165, 1.54) is 12.3 Å². The predicted molar refractivity (Wildman–Crippen MR) is 66.1 cm³/mol. The van der Waals surface area contributed by atoms with Crippen LogP contribution in [0.4, 0.5) is 13.2 Å².